The van der Waals surface area contributed by atoms with Gasteiger partial charge in [0, 0.05) is 11.3 Å². The third-order valence-electron chi connectivity index (χ3n) is 3.28. The number of aryl methyl sites for hydroxylation is 2. The normalized spacial score (nSPS) is 11.1. The minimum absolute atomic E-state index is 0.207. The molecule has 4 nitrogen and oxygen atoms in total. The summed E-state index contributed by atoms with van der Waals surface area (Å²) < 4.78 is 22.0. The van der Waals surface area contributed by atoms with Crippen molar-refractivity contribution < 1.29 is 9.13 Å². The Morgan fingerprint density at radius 3 is 2.76 bits per heavy atom. The number of halogens is 2. The first-order valence-corrected chi connectivity index (χ1v) is 7.17. The molecule has 0 aliphatic carbocycles. The molecule has 21 heavy (non-hydrogen) atoms. The first-order chi connectivity index (χ1) is 10.0. The highest BCUT2D eigenvalue weighted by Gasteiger charge is 2.17. The van der Waals surface area contributed by atoms with Crippen LogP contribution in [0, 0.1) is 19.7 Å². The third kappa shape index (κ3) is 2.19. The standard InChI is InChI=1S/C15H13BrFN3O/c1-8-7-11(10-5-4-6-12(21-3)14(10)17)20-15(18-8)13(16)9(2)19-20/h4-7H,1-3H3. The number of methoxy groups -OCH3 is 1. The van der Waals surface area contributed by atoms with E-state index in [-0.39, 0.29) is 5.75 Å². The van der Waals surface area contributed by atoms with Crippen molar-refractivity contribution in [2.75, 3.05) is 7.11 Å². The predicted octanol–water partition coefficient (Wildman–Crippen LogP) is 3.92. The average Bonchev–Trinajstić information content (AvgIpc) is 2.75. The molecule has 0 N–H and O–H groups in total. The molecule has 0 unspecified atom stereocenters. The van der Waals surface area contributed by atoms with E-state index in [4.69, 9.17) is 4.74 Å². The van der Waals surface area contributed by atoms with Crippen molar-refractivity contribution in [3.05, 3.63) is 45.9 Å². The SMILES string of the molecule is COc1cccc(-c2cc(C)nc3c(Br)c(C)nn23)c1F. The molecule has 3 rings (SSSR count). The van der Waals surface area contributed by atoms with Crippen LogP contribution in [0.5, 0.6) is 5.75 Å². The molecule has 1 aromatic carbocycles. The predicted molar refractivity (Wildman–Crippen MR) is 82.1 cm³/mol. The number of aromatic nitrogens is 3. The molecule has 0 bridgehead atoms. The van der Waals surface area contributed by atoms with E-state index in [0.29, 0.717) is 16.9 Å². The molecule has 2 aromatic heterocycles. The van der Waals surface area contributed by atoms with E-state index in [1.807, 2.05) is 19.9 Å². The number of nitrogens with zero attached hydrogens (tertiary/aromatic N) is 3. The Kier molecular flexibility index (Phi) is 3.41. The number of fused-ring (bicyclic) bond motifs is 1. The number of hydrogen-bond acceptors (Lipinski definition) is 3. The monoisotopic (exact) mass is 349 g/mol. The van der Waals surface area contributed by atoms with Gasteiger partial charge in [-0.05, 0) is 48.0 Å². The Morgan fingerprint density at radius 2 is 2.05 bits per heavy atom. The van der Waals surface area contributed by atoms with Crippen LogP contribution >= 0.6 is 15.9 Å². The quantitative estimate of drug-likeness (QED) is 0.703. The van der Waals surface area contributed by atoms with Crippen molar-refractivity contribution in [2.45, 2.75) is 13.8 Å². The zero-order valence-electron chi connectivity index (χ0n) is 11.8. The minimum atomic E-state index is -0.406. The molecular weight excluding hydrogens is 337 g/mol. The van der Waals surface area contributed by atoms with Crippen LogP contribution in [-0.2, 0) is 0 Å². The highest BCUT2D eigenvalue weighted by molar-refractivity contribution is 9.10. The van der Waals surface area contributed by atoms with Gasteiger partial charge < -0.3 is 4.74 Å². The minimum Gasteiger partial charge on any atom is -0.494 e. The fraction of sp³-hybridized carbons (Fsp3) is 0.200. The van der Waals surface area contributed by atoms with Crippen molar-refractivity contribution in [2.24, 2.45) is 0 Å². The van der Waals surface area contributed by atoms with Crippen LogP contribution in [0.15, 0.2) is 28.7 Å². The lowest BCUT2D eigenvalue weighted by Gasteiger charge is -2.10. The van der Waals surface area contributed by atoms with Gasteiger partial charge in [-0.3, -0.25) is 0 Å². The lowest BCUT2D eigenvalue weighted by molar-refractivity contribution is 0.387. The third-order valence-corrected chi connectivity index (χ3v) is 4.21. The highest BCUT2D eigenvalue weighted by atomic mass is 79.9. The van der Waals surface area contributed by atoms with Crippen LogP contribution in [0.2, 0.25) is 0 Å². The molecule has 0 saturated heterocycles. The van der Waals surface area contributed by atoms with Crippen LogP contribution in [-0.4, -0.2) is 21.7 Å². The number of hydrogen-bond donors (Lipinski definition) is 0. The highest BCUT2D eigenvalue weighted by Crippen LogP contribution is 2.31. The molecule has 3 aromatic rings. The van der Waals surface area contributed by atoms with Gasteiger partial charge in [0.15, 0.2) is 17.2 Å². The van der Waals surface area contributed by atoms with E-state index in [1.165, 1.54) is 7.11 Å². The van der Waals surface area contributed by atoms with Crippen molar-refractivity contribution in [3.63, 3.8) is 0 Å². The molecule has 0 aliphatic rings. The van der Waals surface area contributed by atoms with Gasteiger partial charge in [0.2, 0.25) is 0 Å². The Hall–Kier alpha value is -1.95. The number of benzene rings is 1. The molecular formula is C15H13BrFN3O. The van der Waals surface area contributed by atoms with E-state index < -0.39 is 5.82 Å². The molecule has 0 atom stereocenters. The van der Waals surface area contributed by atoms with Gasteiger partial charge >= 0.3 is 0 Å². The fourth-order valence-electron chi connectivity index (χ4n) is 2.28. The Bertz CT molecular complexity index is 845. The van der Waals surface area contributed by atoms with Crippen LogP contribution in [0.3, 0.4) is 0 Å². The summed E-state index contributed by atoms with van der Waals surface area (Å²) in [5.41, 5.74) is 3.34. The van der Waals surface area contributed by atoms with Gasteiger partial charge in [0.05, 0.1) is 23.0 Å². The summed E-state index contributed by atoms with van der Waals surface area (Å²) in [5.74, 6) is -0.200. The molecule has 0 aliphatic heterocycles. The lowest BCUT2D eigenvalue weighted by atomic mass is 10.1. The summed E-state index contributed by atoms with van der Waals surface area (Å²) in [5, 5.41) is 4.43. The van der Waals surface area contributed by atoms with E-state index in [2.05, 4.69) is 26.0 Å². The van der Waals surface area contributed by atoms with Gasteiger partial charge in [-0.25, -0.2) is 13.9 Å². The first-order valence-electron chi connectivity index (χ1n) is 6.38. The maximum atomic E-state index is 14.5. The zero-order valence-corrected chi connectivity index (χ0v) is 13.4. The summed E-state index contributed by atoms with van der Waals surface area (Å²) in [7, 11) is 1.45. The largest absolute Gasteiger partial charge is 0.494 e. The molecule has 0 radical (unpaired) electrons. The molecule has 0 fully saturated rings. The van der Waals surface area contributed by atoms with Gasteiger partial charge in [-0.1, -0.05) is 6.07 Å². The molecule has 6 heteroatoms. The Morgan fingerprint density at radius 1 is 1.29 bits per heavy atom. The Balaban J connectivity index is 2.38. The Labute approximate surface area is 129 Å². The molecule has 0 saturated carbocycles. The maximum Gasteiger partial charge on any atom is 0.174 e. The average molecular weight is 350 g/mol. The topological polar surface area (TPSA) is 39.4 Å². The molecule has 0 spiro atoms. The number of ether oxygens (including phenoxy) is 1. The van der Waals surface area contributed by atoms with Crippen LogP contribution in [0.25, 0.3) is 16.9 Å². The van der Waals surface area contributed by atoms with Crippen molar-refractivity contribution in [1.82, 2.24) is 14.6 Å². The molecule has 108 valence electrons. The lowest BCUT2D eigenvalue weighted by Crippen LogP contribution is -2.01. The van der Waals surface area contributed by atoms with Gasteiger partial charge in [0.1, 0.15) is 0 Å². The summed E-state index contributed by atoms with van der Waals surface area (Å²) in [6.07, 6.45) is 0. The van der Waals surface area contributed by atoms with E-state index >= 15 is 0 Å². The summed E-state index contributed by atoms with van der Waals surface area (Å²) in [6.45, 7) is 3.75. The van der Waals surface area contributed by atoms with E-state index in [1.54, 1.807) is 22.7 Å². The van der Waals surface area contributed by atoms with E-state index in [9.17, 15) is 4.39 Å². The van der Waals surface area contributed by atoms with Crippen LogP contribution < -0.4 is 4.74 Å². The second-order valence-electron chi connectivity index (χ2n) is 4.74. The maximum absolute atomic E-state index is 14.5. The van der Waals surface area contributed by atoms with Gasteiger partial charge in [-0.15, -0.1) is 0 Å². The fourth-order valence-corrected chi connectivity index (χ4v) is 2.61. The smallest absolute Gasteiger partial charge is 0.174 e. The molecule has 0 amide bonds. The summed E-state index contributed by atoms with van der Waals surface area (Å²) in [6, 6.07) is 6.86. The number of rotatable bonds is 2. The summed E-state index contributed by atoms with van der Waals surface area (Å²) in [4.78, 5) is 4.45. The molecule has 2 heterocycles. The van der Waals surface area contributed by atoms with Crippen molar-refractivity contribution in [3.8, 4) is 17.0 Å². The second-order valence-corrected chi connectivity index (χ2v) is 5.53. The van der Waals surface area contributed by atoms with Crippen LogP contribution in [0.4, 0.5) is 4.39 Å². The van der Waals surface area contributed by atoms with Crippen molar-refractivity contribution >= 4 is 21.6 Å². The van der Waals surface area contributed by atoms with E-state index in [0.717, 1.165) is 15.9 Å². The van der Waals surface area contributed by atoms with Gasteiger partial charge in [0.25, 0.3) is 0 Å². The second kappa shape index (κ2) is 5.11. The first kappa shape index (κ1) is 14.0. The van der Waals surface area contributed by atoms with Crippen molar-refractivity contribution in [1.29, 1.82) is 0 Å². The zero-order chi connectivity index (χ0) is 15.1. The van der Waals surface area contributed by atoms with Gasteiger partial charge in [-0.2, -0.15) is 5.10 Å². The summed E-state index contributed by atoms with van der Waals surface area (Å²) >= 11 is 3.47. The van der Waals surface area contributed by atoms with Crippen LogP contribution in [0.1, 0.15) is 11.4 Å².